The number of benzene rings is 1. The molecule has 1 aliphatic rings. The van der Waals surface area contributed by atoms with Crippen LogP contribution in [0.3, 0.4) is 0 Å². The molecular weight excluding hydrogens is 283 g/mol. The molecule has 1 N–H and O–H groups in total. The second-order valence-corrected chi connectivity index (χ2v) is 5.66. The van der Waals surface area contributed by atoms with Crippen molar-refractivity contribution < 1.29 is 13.2 Å². The Morgan fingerprint density at radius 3 is 2.76 bits per heavy atom. The van der Waals surface area contributed by atoms with Gasteiger partial charge in [0.05, 0.1) is 16.6 Å². The fourth-order valence-electron chi connectivity index (χ4n) is 3.06. The lowest BCUT2D eigenvalue weighted by atomic mass is 10.1. The summed E-state index contributed by atoms with van der Waals surface area (Å²) >= 11 is 0. The van der Waals surface area contributed by atoms with E-state index in [1.165, 1.54) is 16.7 Å². The maximum absolute atomic E-state index is 13.1. The maximum Gasteiger partial charge on any atom is 0.418 e. The summed E-state index contributed by atoms with van der Waals surface area (Å²) in [4.78, 5) is 16.7. The van der Waals surface area contributed by atoms with Gasteiger partial charge in [0.2, 0.25) is 0 Å². The van der Waals surface area contributed by atoms with Crippen molar-refractivity contribution in [1.82, 2.24) is 14.5 Å². The van der Waals surface area contributed by atoms with E-state index in [9.17, 15) is 18.0 Å². The van der Waals surface area contributed by atoms with Crippen molar-refractivity contribution in [2.24, 2.45) is 5.92 Å². The molecule has 1 aliphatic heterocycles. The third-order valence-electron chi connectivity index (χ3n) is 4.03. The standard InChI is InChI=1S/C14H16F3N3O/c1-19-6-5-9(7-19)8-20-12-10(14(15,16)17)3-2-4-11(12)18-13(20)21/h2-4,9H,5-8H2,1H3,(H,18,21). The molecular formula is C14H16F3N3O. The first kappa shape index (κ1) is 14.2. The number of likely N-dealkylation sites (tertiary alicyclic amines) is 1. The minimum absolute atomic E-state index is 0.0375. The van der Waals surface area contributed by atoms with Gasteiger partial charge in [-0.2, -0.15) is 13.2 Å². The van der Waals surface area contributed by atoms with Crippen molar-refractivity contribution in [3.8, 4) is 0 Å². The van der Waals surface area contributed by atoms with Gasteiger partial charge in [0.1, 0.15) is 0 Å². The number of nitrogens with one attached hydrogen (secondary N) is 1. The highest BCUT2D eigenvalue weighted by Gasteiger charge is 2.34. The van der Waals surface area contributed by atoms with E-state index in [2.05, 4.69) is 9.88 Å². The van der Waals surface area contributed by atoms with Crippen molar-refractivity contribution in [1.29, 1.82) is 0 Å². The van der Waals surface area contributed by atoms with Gasteiger partial charge in [0.15, 0.2) is 0 Å². The summed E-state index contributed by atoms with van der Waals surface area (Å²) in [6, 6.07) is 3.84. The molecule has 21 heavy (non-hydrogen) atoms. The Balaban J connectivity index is 2.09. The van der Waals surface area contributed by atoms with E-state index >= 15 is 0 Å². The van der Waals surface area contributed by atoms with E-state index in [0.29, 0.717) is 6.54 Å². The zero-order valence-corrected chi connectivity index (χ0v) is 11.6. The molecule has 0 amide bonds. The van der Waals surface area contributed by atoms with Crippen LogP contribution in [0, 0.1) is 5.92 Å². The molecule has 1 fully saturated rings. The SMILES string of the molecule is CN1CCC(Cn2c(=O)[nH]c3cccc(C(F)(F)F)c32)C1. The minimum Gasteiger partial charge on any atom is -0.306 e. The normalized spacial score (nSPS) is 20.5. The molecule has 1 unspecified atom stereocenters. The molecule has 2 heterocycles. The fourth-order valence-corrected chi connectivity index (χ4v) is 3.06. The molecule has 114 valence electrons. The molecule has 1 atom stereocenters. The van der Waals surface area contributed by atoms with Crippen LogP contribution >= 0.6 is 0 Å². The zero-order chi connectivity index (χ0) is 15.2. The Morgan fingerprint density at radius 1 is 1.38 bits per heavy atom. The summed E-state index contributed by atoms with van der Waals surface area (Å²) in [6.07, 6.45) is -3.58. The minimum atomic E-state index is -4.47. The quantitative estimate of drug-likeness (QED) is 0.924. The fraction of sp³-hybridized carbons (Fsp3) is 0.500. The Morgan fingerprint density at radius 2 is 2.14 bits per heavy atom. The number of hydrogen-bond donors (Lipinski definition) is 1. The molecule has 1 saturated heterocycles. The molecule has 1 aromatic carbocycles. The average molecular weight is 299 g/mol. The van der Waals surface area contributed by atoms with Crippen LogP contribution in [-0.4, -0.2) is 34.6 Å². The number of para-hydroxylation sites is 1. The lowest BCUT2D eigenvalue weighted by molar-refractivity contribution is -0.136. The molecule has 0 bridgehead atoms. The Labute approximate surface area is 119 Å². The van der Waals surface area contributed by atoms with E-state index in [4.69, 9.17) is 0 Å². The van der Waals surface area contributed by atoms with Gasteiger partial charge in [-0.15, -0.1) is 0 Å². The average Bonchev–Trinajstić information content (AvgIpc) is 2.93. The number of alkyl halides is 3. The number of rotatable bonds is 2. The van der Waals surface area contributed by atoms with E-state index in [1.54, 1.807) is 0 Å². The molecule has 1 aromatic heterocycles. The first-order chi connectivity index (χ1) is 9.86. The lowest BCUT2D eigenvalue weighted by Gasteiger charge is -2.14. The van der Waals surface area contributed by atoms with Crippen LogP contribution in [0.5, 0.6) is 0 Å². The molecule has 4 nitrogen and oxygen atoms in total. The largest absolute Gasteiger partial charge is 0.418 e. The van der Waals surface area contributed by atoms with Gasteiger partial charge in [-0.1, -0.05) is 6.07 Å². The van der Waals surface area contributed by atoms with Gasteiger partial charge in [0.25, 0.3) is 0 Å². The maximum atomic E-state index is 13.1. The van der Waals surface area contributed by atoms with Gasteiger partial charge in [0, 0.05) is 13.1 Å². The third-order valence-corrected chi connectivity index (χ3v) is 4.03. The number of fused-ring (bicyclic) bond motifs is 1. The van der Waals surface area contributed by atoms with E-state index < -0.39 is 17.4 Å². The second-order valence-electron chi connectivity index (χ2n) is 5.66. The Bertz CT molecular complexity index is 716. The lowest BCUT2D eigenvalue weighted by Crippen LogP contribution is -2.24. The van der Waals surface area contributed by atoms with Gasteiger partial charge in [-0.05, 0) is 38.1 Å². The highest BCUT2D eigenvalue weighted by molar-refractivity contribution is 5.79. The van der Waals surface area contributed by atoms with Crippen LogP contribution in [0.2, 0.25) is 0 Å². The van der Waals surface area contributed by atoms with Crippen LogP contribution in [0.1, 0.15) is 12.0 Å². The van der Waals surface area contributed by atoms with E-state index in [-0.39, 0.29) is 17.0 Å². The molecule has 7 heteroatoms. The molecule has 0 radical (unpaired) electrons. The van der Waals surface area contributed by atoms with Crippen molar-refractivity contribution >= 4 is 11.0 Å². The number of halogens is 3. The van der Waals surface area contributed by atoms with Gasteiger partial charge < -0.3 is 9.88 Å². The topological polar surface area (TPSA) is 41.0 Å². The summed E-state index contributed by atoms with van der Waals surface area (Å²) in [5.74, 6) is 0.202. The van der Waals surface area contributed by atoms with Crippen LogP contribution in [0.15, 0.2) is 23.0 Å². The molecule has 0 spiro atoms. The highest BCUT2D eigenvalue weighted by atomic mass is 19.4. The smallest absolute Gasteiger partial charge is 0.306 e. The Hall–Kier alpha value is -1.76. The van der Waals surface area contributed by atoms with Crippen LogP contribution in [0.25, 0.3) is 11.0 Å². The second kappa shape index (κ2) is 4.91. The zero-order valence-electron chi connectivity index (χ0n) is 11.6. The molecule has 3 rings (SSSR count). The van der Waals surface area contributed by atoms with Crippen LogP contribution in [-0.2, 0) is 12.7 Å². The van der Waals surface area contributed by atoms with Crippen LogP contribution in [0.4, 0.5) is 13.2 Å². The molecule has 0 aliphatic carbocycles. The first-order valence-corrected chi connectivity index (χ1v) is 6.83. The summed E-state index contributed by atoms with van der Waals surface area (Å²) in [6.45, 7) is 2.03. The molecule has 0 saturated carbocycles. The summed E-state index contributed by atoms with van der Waals surface area (Å²) in [7, 11) is 1.97. The number of aromatic nitrogens is 2. The number of hydrogen-bond acceptors (Lipinski definition) is 2. The van der Waals surface area contributed by atoms with E-state index in [1.807, 2.05) is 7.05 Å². The number of H-pyrrole nitrogens is 1. The molecule has 2 aromatic rings. The number of imidazole rings is 1. The monoisotopic (exact) mass is 299 g/mol. The van der Waals surface area contributed by atoms with Crippen LogP contribution < -0.4 is 5.69 Å². The van der Waals surface area contributed by atoms with Crippen molar-refractivity contribution in [3.05, 3.63) is 34.2 Å². The predicted molar refractivity (Wildman–Crippen MR) is 73.2 cm³/mol. The Kier molecular flexibility index (Phi) is 3.32. The summed E-state index contributed by atoms with van der Waals surface area (Å²) in [5, 5.41) is 0. The number of aromatic amines is 1. The van der Waals surface area contributed by atoms with Crippen molar-refractivity contribution in [3.63, 3.8) is 0 Å². The predicted octanol–water partition coefficient (Wildman–Crippen LogP) is 2.30. The highest BCUT2D eigenvalue weighted by Crippen LogP contribution is 2.34. The number of nitrogens with zero attached hydrogens (tertiary/aromatic N) is 2. The first-order valence-electron chi connectivity index (χ1n) is 6.83. The summed E-state index contributed by atoms with van der Waals surface area (Å²) < 4.78 is 40.7. The van der Waals surface area contributed by atoms with Crippen molar-refractivity contribution in [2.45, 2.75) is 19.1 Å². The van der Waals surface area contributed by atoms with E-state index in [0.717, 1.165) is 25.6 Å². The van der Waals surface area contributed by atoms with Gasteiger partial charge in [-0.3, -0.25) is 4.57 Å². The van der Waals surface area contributed by atoms with Gasteiger partial charge >= 0.3 is 11.9 Å². The van der Waals surface area contributed by atoms with Gasteiger partial charge in [-0.25, -0.2) is 4.79 Å². The van der Waals surface area contributed by atoms with Crippen molar-refractivity contribution in [2.75, 3.05) is 20.1 Å². The third kappa shape index (κ3) is 2.57. The summed E-state index contributed by atoms with van der Waals surface area (Å²) in [5.41, 5.74) is -1.04.